The minimum Gasteiger partial charge on any atom is -1.00 e. The Morgan fingerprint density at radius 1 is 0.500 bits per heavy atom. The molecule has 0 saturated carbocycles. The van der Waals surface area contributed by atoms with Crippen LogP contribution in [0.1, 0.15) is 52.4 Å². The molecule has 2 radical (unpaired) electrons. The molecule has 0 unspecified atom stereocenters. The molecule has 0 aliphatic rings. The molecule has 0 atom stereocenters. The molecule has 126 valence electrons. The van der Waals surface area contributed by atoms with Gasteiger partial charge in [0.25, 0.3) is 0 Å². The Kier molecular flexibility index (Phi) is 263. The van der Waals surface area contributed by atoms with Crippen LogP contribution in [0.15, 0.2) is 0 Å². The fourth-order valence-corrected chi connectivity index (χ4v) is 0.697. The molecule has 0 spiro atoms. The zero-order chi connectivity index (χ0) is 9.66. The number of rotatable bonds is 6. The molecule has 0 heterocycles. The summed E-state index contributed by atoms with van der Waals surface area (Å²) in [7, 11) is 0. The van der Waals surface area contributed by atoms with Gasteiger partial charge in [0.2, 0.25) is 0 Å². The molecular formula is C10H24Cl6O2Ti2. The van der Waals surface area contributed by atoms with E-state index in [2.05, 4.69) is 13.8 Å². The maximum atomic E-state index is 8.29. The summed E-state index contributed by atoms with van der Waals surface area (Å²) in [4.78, 5) is 0. The number of aliphatic hydroxyl groups is 2. The molecule has 0 aromatic carbocycles. The van der Waals surface area contributed by atoms with Crippen molar-refractivity contribution in [3.63, 3.8) is 0 Å². The SMILES string of the molecule is CCCCCCO.CCCCO.[Cl-].[Cl-].[Cl-].[Cl-].[Cl-].[Cl-].[Ti+3].[Ti+3]. The summed E-state index contributed by atoms with van der Waals surface area (Å²) in [6.07, 6.45) is 6.72. The fraction of sp³-hybridized carbons (Fsp3) is 1.00. The maximum Gasteiger partial charge on any atom is 3.00 e. The van der Waals surface area contributed by atoms with Gasteiger partial charge in [-0.25, -0.2) is 0 Å². The molecule has 0 amide bonds. The molecular weight excluding hydrogens is 461 g/mol. The molecule has 2 nitrogen and oxygen atoms in total. The number of hydrogen-bond donors (Lipinski definition) is 2. The summed E-state index contributed by atoms with van der Waals surface area (Å²) in [6.45, 7) is 4.92. The zero-order valence-electron chi connectivity index (χ0n) is 11.8. The smallest absolute Gasteiger partial charge is 1.00 e. The van der Waals surface area contributed by atoms with E-state index in [1.165, 1.54) is 19.3 Å². The van der Waals surface area contributed by atoms with E-state index in [1.807, 2.05) is 0 Å². The van der Waals surface area contributed by atoms with Crippen molar-refractivity contribution in [1.82, 2.24) is 0 Å². The topological polar surface area (TPSA) is 40.5 Å². The van der Waals surface area contributed by atoms with Gasteiger partial charge in [-0.15, -0.1) is 0 Å². The van der Waals surface area contributed by atoms with Crippen LogP contribution in [0.3, 0.4) is 0 Å². The Bertz CT molecular complexity index is 75.7. The van der Waals surface area contributed by atoms with Crippen LogP contribution in [-0.4, -0.2) is 23.4 Å². The van der Waals surface area contributed by atoms with Crippen molar-refractivity contribution < 1.29 is 128 Å². The summed E-state index contributed by atoms with van der Waals surface area (Å²) in [5.74, 6) is 0. The predicted molar refractivity (Wildman–Crippen MR) is 53.2 cm³/mol. The van der Waals surface area contributed by atoms with E-state index >= 15 is 0 Å². The monoisotopic (exact) mass is 482 g/mol. The quantitative estimate of drug-likeness (QED) is 0.291. The molecule has 0 aliphatic heterocycles. The standard InChI is InChI=1S/C6H14O.C4H10O.6ClH.2Ti/c1-2-3-4-5-6-7;1-2-3-4-5;;;;;;;;/h7H,2-6H2,1H3;5H,2-4H2,1H3;6*1H;;/q;;;;;;;;2*+3/p-6. The predicted octanol–water partition coefficient (Wildman–Crippen LogP) is -15.6. The molecule has 2 N–H and O–H groups in total. The summed E-state index contributed by atoms with van der Waals surface area (Å²) in [5, 5.41) is 16.4. The van der Waals surface area contributed by atoms with Crippen LogP contribution in [-0.2, 0) is 43.4 Å². The van der Waals surface area contributed by atoms with E-state index < -0.39 is 0 Å². The van der Waals surface area contributed by atoms with Crippen molar-refractivity contribution in [2.45, 2.75) is 52.4 Å². The zero-order valence-corrected chi connectivity index (χ0v) is 19.5. The summed E-state index contributed by atoms with van der Waals surface area (Å²) < 4.78 is 0. The third-order valence-corrected chi connectivity index (χ3v) is 1.52. The molecule has 0 aromatic rings. The first-order valence-corrected chi connectivity index (χ1v) is 5.05. The number of aliphatic hydroxyl groups excluding tert-OH is 2. The van der Waals surface area contributed by atoms with Crippen LogP contribution < -0.4 is 74.4 Å². The normalized spacial score (nSPS) is 5.40. The van der Waals surface area contributed by atoms with Crippen LogP contribution >= 0.6 is 0 Å². The van der Waals surface area contributed by atoms with Crippen molar-refractivity contribution >= 4 is 0 Å². The van der Waals surface area contributed by atoms with Gasteiger partial charge in [0, 0.05) is 13.2 Å². The summed E-state index contributed by atoms with van der Waals surface area (Å²) in [6, 6.07) is 0. The first-order chi connectivity index (χ1) is 5.83. The Balaban J connectivity index is -0.00000000910. The fourth-order valence-electron chi connectivity index (χ4n) is 0.697. The molecule has 10 heteroatoms. The number of unbranched alkanes of at least 4 members (excludes halogenated alkanes) is 4. The van der Waals surface area contributed by atoms with Crippen molar-refractivity contribution in [2.24, 2.45) is 0 Å². The van der Waals surface area contributed by atoms with Crippen molar-refractivity contribution in [3.8, 4) is 0 Å². The van der Waals surface area contributed by atoms with Crippen LogP contribution in [0.4, 0.5) is 0 Å². The van der Waals surface area contributed by atoms with E-state index in [9.17, 15) is 0 Å². The van der Waals surface area contributed by atoms with Gasteiger partial charge >= 0.3 is 43.4 Å². The van der Waals surface area contributed by atoms with Crippen molar-refractivity contribution in [3.05, 3.63) is 0 Å². The van der Waals surface area contributed by atoms with E-state index in [1.54, 1.807) is 0 Å². The van der Waals surface area contributed by atoms with Gasteiger partial charge in [-0.05, 0) is 12.8 Å². The van der Waals surface area contributed by atoms with Crippen LogP contribution in [0, 0.1) is 0 Å². The van der Waals surface area contributed by atoms with Gasteiger partial charge in [-0.3, -0.25) is 0 Å². The van der Waals surface area contributed by atoms with E-state index in [0.29, 0.717) is 13.2 Å². The minimum atomic E-state index is 0. The van der Waals surface area contributed by atoms with Gasteiger partial charge in [0.05, 0.1) is 0 Å². The van der Waals surface area contributed by atoms with Crippen LogP contribution in [0.2, 0.25) is 0 Å². The second-order valence-corrected chi connectivity index (χ2v) is 2.86. The molecule has 0 rings (SSSR count). The Morgan fingerprint density at radius 3 is 0.950 bits per heavy atom. The van der Waals surface area contributed by atoms with Gasteiger partial charge in [-0.2, -0.15) is 0 Å². The van der Waals surface area contributed by atoms with E-state index in [0.717, 1.165) is 19.3 Å². The molecule has 0 bridgehead atoms. The van der Waals surface area contributed by atoms with Crippen molar-refractivity contribution in [1.29, 1.82) is 0 Å². The van der Waals surface area contributed by atoms with E-state index in [-0.39, 0.29) is 118 Å². The Morgan fingerprint density at radius 2 is 0.800 bits per heavy atom. The second kappa shape index (κ2) is 79.9. The molecule has 0 saturated heterocycles. The number of halogens is 6. The first-order valence-electron chi connectivity index (χ1n) is 5.05. The third kappa shape index (κ3) is 103. The Labute approximate surface area is 192 Å². The second-order valence-electron chi connectivity index (χ2n) is 2.86. The third-order valence-electron chi connectivity index (χ3n) is 1.52. The Hall–Kier alpha value is 3.09. The average Bonchev–Trinajstić information content (AvgIpc) is 2.08. The summed E-state index contributed by atoms with van der Waals surface area (Å²) >= 11 is 0. The molecule has 0 fully saturated rings. The van der Waals surface area contributed by atoms with Gasteiger partial charge < -0.3 is 84.7 Å². The molecule has 20 heavy (non-hydrogen) atoms. The first kappa shape index (κ1) is 65.8. The number of hydrogen-bond acceptors (Lipinski definition) is 2. The molecule has 0 aromatic heterocycles. The largest absolute Gasteiger partial charge is 3.00 e. The van der Waals surface area contributed by atoms with Crippen LogP contribution in [0.25, 0.3) is 0 Å². The van der Waals surface area contributed by atoms with Gasteiger partial charge in [-0.1, -0.05) is 39.5 Å². The minimum absolute atomic E-state index is 0. The van der Waals surface area contributed by atoms with Gasteiger partial charge in [0.15, 0.2) is 0 Å². The summed E-state index contributed by atoms with van der Waals surface area (Å²) in [5.41, 5.74) is 0. The maximum absolute atomic E-state index is 8.29. The molecule has 0 aliphatic carbocycles. The average molecular weight is 485 g/mol. The van der Waals surface area contributed by atoms with Gasteiger partial charge in [0.1, 0.15) is 0 Å². The van der Waals surface area contributed by atoms with Crippen molar-refractivity contribution in [2.75, 3.05) is 13.2 Å². The van der Waals surface area contributed by atoms with Crippen LogP contribution in [0.5, 0.6) is 0 Å². The van der Waals surface area contributed by atoms with E-state index in [4.69, 9.17) is 10.2 Å².